The van der Waals surface area contributed by atoms with Crippen molar-refractivity contribution in [1.29, 1.82) is 0 Å². The monoisotopic (exact) mass is 297 g/mol. The topological polar surface area (TPSA) is 70.7 Å². The Bertz CT molecular complexity index is 467. The van der Waals surface area contributed by atoms with Crippen molar-refractivity contribution in [1.82, 2.24) is 10.2 Å². The lowest BCUT2D eigenvalue weighted by molar-refractivity contribution is -0.117. The van der Waals surface area contributed by atoms with E-state index in [2.05, 4.69) is 20.3 Å². The van der Waals surface area contributed by atoms with Gasteiger partial charge in [0.2, 0.25) is 5.91 Å². The molecule has 0 unspecified atom stereocenters. The van der Waals surface area contributed by atoms with Crippen LogP contribution in [0.3, 0.4) is 0 Å². The summed E-state index contributed by atoms with van der Waals surface area (Å²) in [5.74, 6) is -0.523. The highest BCUT2D eigenvalue weighted by Crippen LogP contribution is 2.23. The number of hydrogen-bond donors (Lipinski definition) is 2. The number of methoxy groups -OCH3 is 1. The summed E-state index contributed by atoms with van der Waals surface area (Å²) < 4.78 is 4.68. The summed E-state index contributed by atoms with van der Waals surface area (Å²) in [6.07, 6.45) is 1.04. The molecule has 1 saturated heterocycles. The third-order valence-electron chi connectivity index (χ3n) is 3.11. The highest BCUT2D eigenvalue weighted by Gasteiger charge is 2.17. The predicted octanol–water partition coefficient (Wildman–Crippen LogP) is 0.768. The number of nitrogens with zero attached hydrogens (tertiary/aromatic N) is 1. The Morgan fingerprint density at radius 2 is 2.30 bits per heavy atom. The molecule has 2 N–H and O–H groups in total. The number of carbonyl (C=O) groups excluding carboxylic acids is 2. The molecule has 0 atom stereocenters. The minimum Gasteiger partial charge on any atom is -0.465 e. The molecule has 0 aliphatic carbocycles. The largest absolute Gasteiger partial charge is 0.465 e. The fourth-order valence-corrected chi connectivity index (χ4v) is 2.88. The molecule has 1 aliphatic rings. The molecule has 110 valence electrons. The van der Waals surface area contributed by atoms with Gasteiger partial charge in [-0.15, -0.1) is 11.3 Å². The van der Waals surface area contributed by atoms with Gasteiger partial charge in [-0.3, -0.25) is 9.69 Å². The molecular weight excluding hydrogens is 278 g/mol. The third kappa shape index (κ3) is 4.03. The van der Waals surface area contributed by atoms with E-state index in [-0.39, 0.29) is 5.91 Å². The number of anilines is 1. The summed E-state index contributed by atoms with van der Waals surface area (Å²) in [6.45, 7) is 4.02. The smallest absolute Gasteiger partial charge is 0.350 e. The van der Waals surface area contributed by atoms with Crippen LogP contribution in [-0.4, -0.2) is 56.6 Å². The van der Waals surface area contributed by atoms with Crippen molar-refractivity contribution >= 4 is 28.9 Å². The van der Waals surface area contributed by atoms with Crippen molar-refractivity contribution in [2.45, 2.75) is 6.42 Å². The maximum Gasteiger partial charge on any atom is 0.350 e. The van der Waals surface area contributed by atoms with E-state index in [1.165, 1.54) is 18.4 Å². The molecule has 7 heteroatoms. The minimum atomic E-state index is -0.422. The van der Waals surface area contributed by atoms with Gasteiger partial charge in [0.1, 0.15) is 4.88 Å². The lowest BCUT2D eigenvalue weighted by Crippen LogP contribution is -2.35. The van der Waals surface area contributed by atoms with Gasteiger partial charge in [0.25, 0.3) is 0 Å². The second-order valence-electron chi connectivity index (χ2n) is 4.58. The Morgan fingerprint density at radius 3 is 3.10 bits per heavy atom. The van der Waals surface area contributed by atoms with E-state index < -0.39 is 5.97 Å². The Kier molecular flexibility index (Phi) is 5.51. The zero-order chi connectivity index (χ0) is 14.4. The molecule has 1 amide bonds. The number of hydrogen-bond acceptors (Lipinski definition) is 6. The molecular formula is C13H19N3O3S. The lowest BCUT2D eigenvalue weighted by atomic mass is 10.3. The fourth-order valence-electron chi connectivity index (χ4n) is 2.11. The molecule has 1 aromatic rings. The van der Waals surface area contributed by atoms with Crippen LogP contribution in [0.2, 0.25) is 0 Å². The normalized spacial score (nSPS) is 16.4. The molecule has 0 aromatic carbocycles. The van der Waals surface area contributed by atoms with Crippen LogP contribution < -0.4 is 10.6 Å². The highest BCUT2D eigenvalue weighted by atomic mass is 32.1. The predicted molar refractivity (Wildman–Crippen MR) is 78.2 cm³/mol. The van der Waals surface area contributed by atoms with E-state index in [4.69, 9.17) is 0 Å². The van der Waals surface area contributed by atoms with Gasteiger partial charge in [-0.25, -0.2) is 4.79 Å². The van der Waals surface area contributed by atoms with Crippen LogP contribution in [0.1, 0.15) is 16.1 Å². The average molecular weight is 297 g/mol. The molecule has 1 aromatic heterocycles. The number of carbonyl (C=O) groups is 2. The number of thiophene rings is 1. The van der Waals surface area contributed by atoms with E-state index in [9.17, 15) is 9.59 Å². The van der Waals surface area contributed by atoms with Gasteiger partial charge in [-0.1, -0.05) is 0 Å². The van der Waals surface area contributed by atoms with E-state index in [0.29, 0.717) is 17.1 Å². The van der Waals surface area contributed by atoms with Gasteiger partial charge >= 0.3 is 5.97 Å². The Morgan fingerprint density at radius 1 is 1.45 bits per heavy atom. The molecule has 1 aliphatic heterocycles. The maximum absolute atomic E-state index is 12.0. The molecule has 2 heterocycles. The number of rotatable bonds is 4. The van der Waals surface area contributed by atoms with Gasteiger partial charge in [0.05, 0.1) is 19.3 Å². The average Bonchev–Trinajstić information content (AvgIpc) is 2.73. The number of esters is 1. The van der Waals surface area contributed by atoms with E-state index in [1.54, 1.807) is 11.4 Å². The summed E-state index contributed by atoms with van der Waals surface area (Å²) >= 11 is 1.26. The van der Waals surface area contributed by atoms with E-state index in [1.807, 2.05) is 0 Å². The van der Waals surface area contributed by atoms with E-state index in [0.717, 1.165) is 32.6 Å². The van der Waals surface area contributed by atoms with Gasteiger partial charge in [0, 0.05) is 13.1 Å². The summed E-state index contributed by atoms with van der Waals surface area (Å²) in [7, 11) is 1.33. The van der Waals surface area contributed by atoms with Crippen molar-refractivity contribution in [2.75, 3.05) is 45.2 Å². The van der Waals surface area contributed by atoms with Crippen molar-refractivity contribution < 1.29 is 14.3 Å². The van der Waals surface area contributed by atoms with E-state index >= 15 is 0 Å². The molecule has 20 heavy (non-hydrogen) atoms. The molecule has 1 fully saturated rings. The van der Waals surface area contributed by atoms with Crippen LogP contribution in [0, 0.1) is 0 Å². The first kappa shape index (κ1) is 15.0. The number of nitrogens with one attached hydrogen (secondary N) is 2. The summed E-state index contributed by atoms with van der Waals surface area (Å²) in [5, 5.41) is 7.84. The standard InChI is InChI=1S/C13H19N3O3S/c1-19-13(18)12-10(3-8-20-12)15-11(17)9-16-6-2-4-14-5-7-16/h3,8,14H,2,4-7,9H2,1H3,(H,15,17). The zero-order valence-electron chi connectivity index (χ0n) is 11.5. The van der Waals surface area contributed by atoms with Crippen LogP contribution in [0.5, 0.6) is 0 Å². The summed E-state index contributed by atoms with van der Waals surface area (Å²) in [4.78, 5) is 26.1. The first-order valence-electron chi connectivity index (χ1n) is 6.59. The first-order valence-corrected chi connectivity index (χ1v) is 7.47. The Labute approximate surface area is 122 Å². The van der Waals surface area contributed by atoms with Gasteiger partial charge in [-0.2, -0.15) is 0 Å². The second kappa shape index (κ2) is 7.37. The minimum absolute atomic E-state index is 0.101. The molecule has 0 bridgehead atoms. The molecule has 6 nitrogen and oxygen atoms in total. The van der Waals surface area contributed by atoms with Crippen molar-refractivity contribution in [3.63, 3.8) is 0 Å². The van der Waals surface area contributed by atoms with Crippen LogP contribution in [-0.2, 0) is 9.53 Å². The number of amides is 1. The van der Waals surface area contributed by atoms with Gasteiger partial charge in [-0.05, 0) is 31.0 Å². The van der Waals surface area contributed by atoms with Crippen LogP contribution in [0.4, 0.5) is 5.69 Å². The molecule has 2 rings (SSSR count). The quantitative estimate of drug-likeness (QED) is 0.803. The second-order valence-corrected chi connectivity index (χ2v) is 5.50. The lowest BCUT2D eigenvalue weighted by Gasteiger charge is -2.18. The molecule has 0 saturated carbocycles. The molecule has 0 spiro atoms. The SMILES string of the molecule is COC(=O)c1sccc1NC(=O)CN1CCCNCC1. The van der Waals surface area contributed by atoms with Crippen LogP contribution in [0.25, 0.3) is 0 Å². The fraction of sp³-hybridized carbons (Fsp3) is 0.538. The van der Waals surface area contributed by atoms with Gasteiger partial charge in [0.15, 0.2) is 0 Å². The van der Waals surface area contributed by atoms with Crippen molar-refractivity contribution in [2.24, 2.45) is 0 Å². The molecule has 0 radical (unpaired) electrons. The Hall–Kier alpha value is -1.44. The van der Waals surface area contributed by atoms with Gasteiger partial charge < -0.3 is 15.4 Å². The Balaban J connectivity index is 1.91. The van der Waals surface area contributed by atoms with Crippen LogP contribution >= 0.6 is 11.3 Å². The zero-order valence-corrected chi connectivity index (χ0v) is 12.3. The highest BCUT2D eigenvalue weighted by molar-refractivity contribution is 7.12. The first-order chi connectivity index (χ1) is 9.70. The summed E-state index contributed by atoms with van der Waals surface area (Å²) in [5.41, 5.74) is 0.528. The maximum atomic E-state index is 12.0. The van der Waals surface area contributed by atoms with Crippen LogP contribution in [0.15, 0.2) is 11.4 Å². The summed E-state index contributed by atoms with van der Waals surface area (Å²) in [6, 6.07) is 1.72. The number of ether oxygens (including phenoxy) is 1. The third-order valence-corrected chi connectivity index (χ3v) is 4.00. The van der Waals surface area contributed by atoms with Crippen molar-refractivity contribution in [3.8, 4) is 0 Å². The van der Waals surface area contributed by atoms with Crippen molar-refractivity contribution in [3.05, 3.63) is 16.3 Å².